The third-order valence-corrected chi connectivity index (χ3v) is 7.07. The van der Waals surface area contributed by atoms with Gasteiger partial charge in [-0.2, -0.15) is 0 Å². The van der Waals surface area contributed by atoms with Crippen LogP contribution in [-0.4, -0.2) is 13.0 Å². The molecule has 5 aromatic carbocycles. The molecule has 3 nitrogen and oxygen atoms in total. The molecule has 0 saturated carbocycles. The zero-order valence-corrected chi connectivity index (χ0v) is 19.2. The van der Waals surface area contributed by atoms with E-state index in [2.05, 4.69) is 26.0 Å². The lowest BCUT2D eigenvalue weighted by Crippen LogP contribution is -2.28. The van der Waals surface area contributed by atoms with Crippen LogP contribution in [0.4, 0.5) is 0 Å². The zero-order chi connectivity index (χ0) is 23.6. The van der Waals surface area contributed by atoms with Gasteiger partial charge in [-0.1, -0.05) is 90.4 Å². The number of ether oxygens (including phenoxy) is 1. The molecule has 1 aromatic heterocycles. The van der Waals surface area contributed by atoms with E-state index >= 15 is 0 Å². The molecule has 1 N–H and O–H groups in total. The molecule has 0 amide bonds. The predicted octanol–water partition coefficient (Wildman–Crippen LogP) is 5.90. The highest BCUT2D eigenvalue weighted by atomic mass is 16.5. The normalized spacial score (nSPS) is 16.4. The van der Waals surface area contributed by atoms with Gasteiger partial charge in [0.15, 0.2) is 0 Å². The minimum atomic E-state index is -1.39. The van der Waals surface area contributed by atoms with Crippen molar-refractivity contribution < 1.29 is 14.3 Å². The molecule has 1 unspecified atom stereocenters. The Balaban J connectivity index is 1.55. The summed E-state index contributed by atoms with van der Waals surface area (Å²) in [5, 5.41) is 14.8. The van der Waals surface area contributed by atoms with E-state index in [9.17, 15) is 5.11 Å². The van der Waals surface area contributed by atoms with E-state index < -0.39 is 5.60 Å². The van der Waals surface area contributed by atoms with Crippen molar-refractivity contribution >= 4 is 35.2 Å². The molecule has 1 aliphatic rings. The minimum Gasteiger partial charge on any atom is -0.457 e. The zero-order valence-electron chi connectivity index (χ0n) is 19.2. The minimum absolute atomic E-state index is 0.617. The Labute approximate surface area is 203 Å². The number of para-hydroxylation sites is 3. The first kappa shape index (κ1) is 20.1. The fraction of sp³-hybridized carbons (Fsp3) is 0.0323. The molecule has 0 aliphatic heterocycles. The van der Waals surface area contributed by atoms with Gasteiger partial charge in [-0.15, -0.1) is 0 Å². The summed E-state index contributed by atoms with van der Waals surface area (Å²) >= 11 is 0. The first-order valence-corrected chi connectivity index (χ1v) is 11.8. The summed E-state index contributed by atoms with van der Waals surface area (Å²) in [7, 11) is 2.08. The second kappa shape index (κ2) is 7.36. The van der Waals surface area contributed by atoms with Gasteiger partial charge in [0.2, 0.25) is 0 Å². The van der Waals surface area contributed by atoms with Crippen molar-refractivity contribution in [1.82, 2.24) is 0 Å². The van der Waals surface area contributed by atoms with Crippen molar-refractivity contribution in [1.29, 1.82) is 0 Å². The van der Waals surface area contributed by atoms with Crippen LogP contribution in [0.1, 0.15) is 16.7 Å². The number of hydrogen-bond donors (Lipinski definition) is 1. The van der Waals surface area contributed by atoms with Gasteiger partial charge in [-0.05, 0) is 29.8 Å². The van der Waals surface area contributed by atoms with Crippen molar-refractivity contribution in [3.8, 4) is 22.6 Å². The van der Waals surface area contributed by atoms with Gasteiger partial charge >= 0.3 is 0 Å². The van der Waals surface area contributed by atoms with Crippen LogP contribution in [0.15, 0.2) is 114 Å². The van der Waals surface area contributed by atoms with Gasteiger partial charge in [0.05, 0.1) is 0 Å². The molecule has 7 rings (SSSR count). The summed E-state index contributed by atoms with van der Waals surface area (Å²) < 4.78 is 12.7. The maximum atomic E-state index is 12.7. The molecule has 1 atom stereocenters. The van der Waals surface area contributed by atoms with E-state index in [0.717, 1.165) is 55.4 Å². The van der Waals surface area contributed by atoms with E-state index in [-0.39, 0.29) is 0 Å². The largest absolute Gasteiger partial charge is 0.457 e. The maximum absolute atomic E-state index is 12.7. The molecule has 6 aromatic rings. The quantitative estimate of drug-likeness (QED) is 0.340. The van der Waals surface area contributed by atoms with Crippen LogP contribution in [0.5, 0.6) is 11.5 Å². The summed E-state index contributed by atoms with van der Waals surface area (Å²) in [6, 6.07) is 35.7. The van der Waals surface area contributed by atoms with E-state index in [1.807, 2.05) is 91.0 Å². The van der Waals surface area contributed by atoms with Crippen LogP contribution in [0.3, 0.4) is 0 Å². The molecular weight excluding hydrogens is 431 g/mol. The summed E-state index contributed by atoms with van der Waals surface area (Å²) in [4.78, 5) is 0. The second-order valence-electron chi connectivity index (χ2n) is 9.09. The molecule has 0 fully saturated rings. The van der Waals surface area contributed by atoms with Crippen molar-refractivity contribution in [2.75, 3.05) is 0 Å². The molecule has 35 heavy (non-hydrogen) atoms. The van der Waals surface area contributed by atoms with Crippen molar-refractivity contribution in [2.45, 2.75) is 5.60 Å². The maximum Gasteiger partial charge on any atom is 0.145 e. The molecule has 0 bridgehead atoms. The summed E-state index contributed by atoms with van der Waals surface area (Å²) in [6.07, 6.45) is 0. The molecule has 1 aliphatic carbocycles. The van der Waals surface area contributed by atoms with Crippen LogP contribution in [0, 0.1) is 0 Å². The highest BCUT2D eigenvalue weighted by molar-refractivity contribution is 6.42. The first-order chi connectivity index (χ1) is 17.2. The Hall–Kier alpha value is -4.28. The van der Waals surface area contributed by atoms with Gasteiger partial charge < -0.3 is 14.3 Å². The Morgan fingerprint density at radius 1 is 0.714 bits per heavy atom. The first-order valence-electron chi connectivity index (χ1n) is 11.8. The summed E-state index contributed by atoms with van der Waals surface area (Å²) in [5.74, 6) is 1.34. The lowest BCUT2D eigenvalue weighted by Gasteiger charge is -2.28. The highest BCUT2D eigenvalue weighted by Gasteiger charge is 2.46. The lowest BCUT2D eigenvalue weighted by atomic mass is 9.80. The number of aliphatic hydroxyl groups is 1. The van der Waals surface area contributed by atoms with Crippen molar-refractivity contribution in [3.63, 3.8) is 0 Å². The number of fused-ring (bicyclic) bond motifs is 7. The summed E-state index contributed by atoms with van der Waals surface area (Å²) in [5.41, 5.74) is 5.58. The van der Waals surface area contributed by atoms with Crippen LogP contribution in [0.2, 0.25) is 0 Å². The van der Waals surface area contributed by atoms with E-state index in [0.29, 0.717) is 11.3 Å². The Bertz CT molecular complexity index is 1750. The van der Waals surface area contributed by atoms with E-state index in [4.69, 9.17) is 9.15 Å². The van der Waals surface area contributed by atoms with Crippen LogP contribution >= 0.6 is 0 Å². The standard InChI is InChI=1S/C31H21BO3/c32-25-18-24-28(30-29(25)21-13-5-8-16-26(21)35-30)20-12-4-6-14-22(20)31(24,33)23-15-7-9-17-27(23)34-19-10-2-1-3-11-19/h1-18,33H,32H2. The van der Waals surface area contributed by atoms with Crippen LogP contribution < -0.4 is 10.2 Å². The Kier molecular flexibility index (Phi) is 4.23. The van der Waals surface area contributed by atoms with Gasteiger partial charge in [0, 0.05) is 33.0 Å². The molecule has 0 spiro atoms. The second-order valence-corrected chi connectivity index (χ2v) is 9.09. The highest BCUT2D eigenvalue weighted by Crippen LogP contribution is 2.55. The SMILES string of the molecule is Bc1cc2c(c3oc4ccccc4c13)-c1ccccc1C2(O)c1ccccc1Oc1ccccc1. The third kappa shape index (κ3) is 2.78. The van der Waals surface area contributed by atoms with Crippen LogP contribution in [0.25, 0.3) is 33.1 Å². The van der Waals surface area contributed by atoms with Crippen molar-refractivity contribution in [2.24, 2.45) is 0 Å². The fourth-order valence-electron chi connectivity index (χ4n) is 5.57. The topological polar surface area (TPSA) is 42.6 Å². The van der Waals surface area contributed by atoms with Gasteiger partial charge in [-0.3, -0.25) is 0 Å². The van der Waals surface area contributed by atoms with Crippen molar-refractivity contribution in [3.05, 3.63) is 126 Å². The van der Waals surface area contributed by atoms with Crippen LogP contribution in [-0.2, 0) is 5.60 Å². The number of hydrogen-bond acceptors (Lipinski definition) is 3. The third-order valence-electron chi connectivity index (χ3n) is 7.07. The Morgan fingerprint density at radius 2 is 1.40 bits per heavy atom. The van der Waals surface area contributed by atoms with Gasteiger partial charge in [-0.25, -0.2) is 0 Å². The molecular formula is C31H21BO3. The van der Waals surface area contributed by atoms with Gasteiger partial charge in [0.25, 0.3) is 0 Å². The average Bonchev–Trinajstić information content (AvgIpc) is 3.40. The molecule has 0 radical (unpaired) electrons. The van der Waals surface area contributed by atoms with E-state index in [1.165, 1.54) is 0 Å². The molecule has 166 valence electrons. The molecule has 4 heteroatoms. The molecule has 1 heterocycles. The number of furan rings is 1. The average molecular weight is 452 g/mol. The summed E-state index contributed by atoms with van der Waals surface area (Å²) in [6.45, 7) is 0. The lowest BCUT2D eigenvalue weighted by molar-refractivity contribution is 0.128. The smallest absolute Gasteiger partial charge is 0.145 e. The number of benzene rings is 5. The predicted molar refractivity (Wildman–Crippen MR) is 142 cm³/mol. The monoisotopic (exact) mass is 452 g/mol. The van der Waals surface area contributed by atoms with Gasteiger partial charge in [0.1, 0.15) is 36.1 Å². The molecule has 0 saturated heterocycles. The Morgan fingerprint density at radius 3 is 2.26 bits per heavy atom. The fourth-order valence-corrected chi connectivity index (χ4v) is 5.57. The van der Waals surface area contributed by atoms with E-state index in [1.54, 1.807) is 0 Å². The number of rotatable bonds is 3.